The molecule has 43 heteroatoms. The Hall–Kier alpha value is 2.73. The van der Waals surface area contributed by atoms with E-state index in [-0.39, 0.29) is 26.8 Å². The average molecular weight is 1850 g/mol. The number of nitrogens with one attached hydrogen (secondary N) is 1. The van der Waals surface area contributed by atoms with E-state index in [4.69, 9.17) is 66.7 Å². The van der Waals surface area contributed by atoms with E-state index in [0.717, 1.165) is 47.0 Å². The Kier molecular flexibility index (Phi) is 51.0. The fraction of sp³-hybridized carbons (Fsp3) is 0.163. The van der Waals surface area contributed by atoms with E-state index < -0.39 is 0 Å². The molecule has 0 saturated heterocycles. The van der Waals surface area contributed by atoms with Crippen molar-refractivity contribution in [1.82, 2.24) is 9.55 Å². The van der Waals surface area contributed by atoms with Gasteiger partial charge in [0.2, 0.25) is 0 Å². The van der Waals surface area contributed by atoms with Gasteiger partial charge in [0.25, 0.3) is 0 Å². The third-order valence-corrected chi connectivity index (χ3v) is 76.0. The maximum atomic E-state index is 13.1. The van der Waals surface area contributed by atoms with Crippen molar-refractivity contribution in [2.45, 2.75) is 54.8 Å². The third-order valence-electron chi connectivity index (χ3n) is 8.60. The van der Waals surface area contributed by atoms with E-state index in [1.807, 2.05) is 269 Å². The molecule has 7 aromatic rings. The molecule has 2 heterocycles. The summed E-state index contributed by atoms with van der Waals surface area (Å²) in [6.45, 7) is 4.73. The second-order valence-electron chi connectivity index (χ2n) is 13.4. The first kappa shape index (κ1) is 83.0. The number of aromatic amines is 1. The van der Waals surface area contributed by atoms with Crippen LogP contribution < -0.4 is 0 Å². The molecule has 6 nitrogen and oxygen atoms in total. The molecule has 0 amide bonds. The Morgan fingerprint density at radius 3 is 1.24 bits per heavy atom. The molecule has 1 N–H and O–H groups in total. The van der Waals surface area contributed by atoms with Crippen LogP contribution in [0.1, 0.15) is 55.2 Å². The SMILES string of the molecule is C.C.CCOC(=O)c1[nH]c2ccc(Cl)cc2c1Sc1ccccc1.CCOC(=O)c1c(Sc2ccccc2)c2cc(Cl)ccc2n1Cc1cccc(Cl)c1.S=S=S=S=S=S=S=S=S=S=S=S=S=S=S=S=S=S=S=S=S=S=S=S=S=S=S=S=S=S=S=S. The molecule has 0 unspecified atom stereocenters. The van der Waals surface area contributed by atoms with Gasteiger partial charge in [-0.05, 0) is 92.2 Å². The van der Waals surface area contributed by atoms with Crippen molar-refractivity contribution < 1.29 is 19.1 Å². The molecule has 0 fully saturated rings. The van der Waals surface area contributed by atoms with E-state index in [1.165, 1.54) is 41.3 Å². The number of H-pyrrole nitrogens is 1. The minimum Gasteiger partial charge on any atom is -0.461 e. The third kappa shape index (κ3) is 33.6. The highest BCUT2D eigenvalue weighted by molar-refractivity contribution is 8.80. The number of carbonyl (C=O) groups is 2. The smallest absolute Gasteiger partial charge is 0.356 e. The number of hydrogen-bond acceptors (Lipinski definition) is 8. The van der Waals surface area contributed by atoms with Crippen LogP contribution in [0.2, 0.25) is 15.1 Å². The van der Waals surface area contributed by atoms with Gasteiger partial charge in [0.05, 0.1) is 28.5 Å². The number of ether oxygens (including phenoxy) is 2. The molecule has 0 bridgehead atoms. The fourth-order valence-corrected chi connectivity index (χ4v) is 85.4. The molecule has 5 aromatic carbocycles. The van der Waals surface area contributed by atoms with Crippen LogP contribution in [0.3, 0.4) is 0 Å². The van der Waals surface area contributed by atoms with Gasteiger partial charge < -0.3 is 19.0 Å². The predicted octanol–water partition coefficient (Wildman–Crippen LogP) is 13.7. The predicted molar refractivity (Wildman–Crippen MR) is 463 cm³/mol. The fourth-order valence-electron chi connectivity index (χ4n) is 5.91. The largest absolute Gasteiger partial charge is 0.461 e. The summed E-state index contributed by atoms with van der Waals surface area (Å²) in [5, 5.41) is 3.75. The Morgan fingerprint density at radius 2 is 0.826 bits per heavy atom. The number of esters is 2. The van der Waals surface area contributed by atoms with Crippen molar-refractivity contribution in [1.29, 1.82) is 0 Å². The summed E-state index contributed by atoms with van der Waals surface area (Å²) in [7, 11) is 52.8. The highest BCUT2D eigenvalue weighted by Gasteiger charge is 2.25. The lowest BCUT2D eigenvalue weighted by atomic mass is 10.2. The van der Waals surface area contributed by atoms with Crippen molar-refractivity contribution in [3.8, 4) is 0 Å². The summed E-state index contributed by atoms with van der Waals surface area (Å²) in [6, 6.07) is 38.7. The summed E-state index contributed by atoms with van der Waals surface area (Å²) >= 11 is 31.3. The Labute approximate surface area is 619 Å². The second kappa shape index (κ2) is 52.9. The van der Waals surface area contributed by atoms with Crippen LogP contribution in [0.4, 0.5) is 0 Å². The second-order valence-corrected chi connectivity index (χ2v) is 69.9. The molecule has 0 aliphatic rings. The summed E-state index contributed by atoms with van der Waals surface area (Å²) in [5.41, 5.74) is 3.76. The standard InChI is InChI=1S/C24H19Cl2NO2S.C17H14ClNO2S.2CH4.S32/c1-2-29-24(28)22-23(30-19-9-4-3-5-10-19)20-14-18(26)11-12-21(20)27(22)15-16-7-6-8-17(25)13-16;1-2-21-17(20)15-16(22-12-6-4-3-5-7-12)13-10-11(18)8-9-14(13)19-15;;;1-3-5-7-9-11-13-15-17-19-21-23-25-27-29-31-32-30-28-26-24-22-20-18-16-14-12-10-8-6-4-2/h3-14H,2,15H2,1H3;3-10,19H,2H2,1H3;2*1H4;. The molecular weight excluding hydrogens is 1810 g/mol. The van der Waals surface area contributed by atoms with Crippen molar-refractivity contribution in [3.05, 3.63) is 153 Å². The molecular formula is C43H41Cl3N2O4S34. The minimum absolute atomic E-state index is 0. The molecule has 0 aliphatic carbocycles. The summed E-state index contributed by atoms with van der Waals surface area (Å²) in [6.07, 6.45) is 0. The summed E-state index contributed by atoms with van der Waals surface area (Å²) < 4.78 is 12.6. The number of halogens is 3. The first-order chi connectivity index (χ1) is 41.2. The molecule has 0 atom stereocenters. The van der Waals surface area contributed by atoms with E-state index in [1.54, 1.807) is 120 Å². The lowest BCUT2D eigenvalue weighted by Crippen LogP contribution is -2.14. The van der Waals surface area contributed by atoms with Gasteiger partial charge in [0.1, 0.15) is 11.4 Å². The average Bonchev–Trinajstić information content (AvgIpc) is 2.70. The van der Waals surface area contributed by atoms with Crippen LogP contribution in [0.25, 0.3) is 21.8 Å². The zero-order valence-electron chi connectivity index (χ0n) is 41.3. The highest BCUT2D eigenvalue weighted by Crippen LogP contribution is 2.41. The summed E-state index contributed by atoms with van der Waals surface area (Å²) in [5.74, 6) is -0.710. The zero-order chi connectivity index (χ0) is 59.8. The van der Waals surface area contributed by atoms with Crippen LogP contribution in [-0.2, 0) is 305 Å². The normalized spacial score (nSPS) is 9.45. The number of hydrogen-bond donors (Lipinski definition) is 1. The number of rotatable bonds is 10. The topological polar surface area (TPSA) is 73.3 Å². The van der Waals surface area contributed by atoms with Crippen LogP contribution in [0, 0.1) is 0 Å². The Morgan fingerprint density at radius 1 is 0.442 bits per heavy atom. The monoisotopic (exact) mass is 1840 g/mol. The van der Waals surface area contributed by atoms with Crippen molar-refractivity contribution >= 4 is 381 Å². The Bertz CT molecular complexity index is 4840. The van der Waals surface area contributed by atoms with Crippen molar-refractivity contribution in [3.63, 3.8) is 0 Å². The number of nitrogens with zero attached hydrogens (tertiary/aromatic N) is 1. The summed E-state index contributed by atoms with van der Waals surface area (Å²) in [4.78, 5) is 32.2. The van der Waals surface area contributed by atoms with Crippen LogP contribution in [0.15, 0.2) is 141 Å². The van der Waals surface area contributed by atoms with Crippen LogP contribution in [0.5, 0.6) is 0 Å². The van der Waals surface area contributed by atoms with E-state index in [9.17, 15) is 9.59 Å². The zero-order valence-corrected chi connectivity index (χ0v) is 71.3. The van der Waals surface area contributed by atoms with E-state index in [0.29, 0.717) is 46.2 Å². The number of fused-ring (bicyclic) bond motifs is 2. The minimum atomic E-state index is -0.356. The molecule has 472 valence electrons. The van der Waals surface area contributed by atoms with Gasteiger partial charge in [-0.25, -0.2) is 9.59 Å². The molecule has 0 saturated carbocycles. The lowest BCUT2D eigenvalue weighted by Gasteiger charge is -2.12. The Balaban J connectivity index is 0.000000338. The van der Waals surface area contributed by atoms with Gasteiger partial charge >= 0.3 is 11.9 Å². The molecule has 0 aliphatic heterocycles. The van der Waals surface area contributed by atoms with E-state index in [2.05, 4.69) is 4.98 Å². The van der Waals surface area contributed by atoms with Crippen molar-refractivity contribution in [2.75, 3.05) is 13.2 Å². The van der Waals surface area contributed by atoms with E-state index >= 15 is 0 Å². The van der Waals surface area contributed by atoms with Gasteiger partial charge in [-0.15, -0.1) is 0 Å². The highest BCUT2D eigenvalue weighted by atomic mass is 35.5. The maximum Gasteiger partial charge on any atom is 0.356 e. The molecule has 2 aromatic heterocycles. The number of benzene rings is 5. The molecule has 86 heavy (non-hydrogen) atoms. The quantitative estimate of drug-likeness (QED) is 0.136. The number of aromatic nitrogens is 2. The first-order valence-corrected chi connectivity index (χ1v) is 65.7. The van der Waals surface area contributed by atoms with Gasteiger partial charge in [-0.2, -0.15) is 0 Å². The first-order valence-electron chi connectivity index (χ1n) is 21.6. The van der Waals surface area contributed by atoms with Crippen LogP contribution in [-0.4, -0.2) is 34.7 Å². The van der Waals surface area contributed by atoms with Gasteiger partial charge in [0, 0.05) is 336 Å². The van der Waals surface area contributed by atoms with Crippen molar-refractivity contribution in [2.24, 2.45) is 0 Å². The van der Waals surface area contributed by atoms with Gasteiger partial charge in [-0.1, -0.05) is 122 Å². The van der Waals surface area contributed by atoms with Gasteiger partial charge in [-0.3, -0.25) is 0 Å². The molecule has 0 spiro atoms. The molecule has 0 radical (unpaired) electrons. The molecule has 7 rings (SSSR count). The maximum absolute atomic E-state index is 13.1. The number of carbonyl (C=O) groups excluding carboxylic acids is 2. The lowest BCUT2D eigenvalue weighted by molar-refractivity contribution is 0.0503. The van der Waals surface area contributed by atoms with Crippen LogP contribution >= 0.6 is 58.3 Å². The van der Waals surface area contributed by atoms with Gasteiger partial charge in [0.15, 0.2) is 0 Å².